The number of aryl methyl sites for hydroxylation is 2. The Morgan fingerprint density at radius 1 is 0.857 bits per heavy atom. The molecule has 1 N–H and O–H groups in total. The molecule has 3 aromatic rings. The zero-order chi connectivity index (χ0) is 15.1. The van der Waals surface area contributed by atoms with Gasteiger partial charge in [0.1, 0.15) is 0 Å². The summed E-state index contributed by atoms with van der Waals surface area (Å²) in [6.07, 6.45) is 0. The fourth-order valence-corrected chi connectivity index (χ4v) is 3.04. The smallest absolute Gasteiger partial charge is 0.205 e. The van der Waals surface area contributed by atoms with Crippen LogP contribution >= 0.6 is 0 Å². The number of H-pyrrole nitrogens is 1. The van der Waals surface area contributed by atoms with Crippen LogP contribution in [0, 0.1) is 13.8 Å². The van der Waals surface area contributed by atoms with Gasteiger partial charge < -0.3 is 19.2 Å². The van der Waals surface area contributed by atoms with Gasteiger partial charge in [-0.25, -0.2) is 0 Å². The average molecular weight is 285 g/mol. The lowest BCUT2D eigenvalue weighted by atomic mass is 10.0. The van der Waals surface area contributed by atoms with Crippen molar-refractivity contribution in [3.8, 4) is 17.2 Å². The minimum absolute atomic E-state index is 0.605. The van der Waals surface area contributed by atoms with E-state index >= 15 is 0 Å². The summed E-state index contributed by atoms with van der Waals surface area (Å²) in [6, 6.07) is 6.32. The van der Waals surface area contributed by atoms with Crippen molar-refractivity contribution in [1.29, 1.82) is 0 Å². The number of nitrogens with one attached hydrogen (secondary N) is 1. The fraction of sp³-hybridized carbons (Fsp3) is 0.294. The number of aromatic amines is 1. The van der Waals surface area contributed by atoms with Crippen LogP contribution in [0.25, 0.3) is 21.8 Å². The summed E-state index contributed by atoms with van der Waals surface area (Å²) in [4.78, 5) is 3.44. The topological polar surface area (TPSA) is 43.5 Å². The first kappa shape index (κ1) is 13.6. The predicted octanol–water partition coefficient (Wildman–Crippen LogP) is 3.96. The number of hydrogen-bond donors (Lipinski definition) is 1. The molecule has 3 rings (SSSR count). The Morgan fingerprint density at radius 2 is 1.57 bits per heavy atom. The summed E-state index contributed by atoms with van der Waals surface area (Å²) in [5.41, 5.74) is 4.48. The number of benzene rings is 2. The molecule has 0 aliphatic carbocycles. The SMILES string of the molecule is COc1cc2c([nH]c3cc(C)cc(C)c32)c(OC)c1OC. The molecule has 0 aliphatic rings. The number of ether oxygens (including phenoxy) is 3. The zero-order valence-corrected chi connectivity index (χ0v) is 13.0. The van der Waals surface area contributed by atoms with Crippen LogP contribution in [-0.4, -0.2) is 26.3 Å². The molecule has 0 aliphatic heterocycles. The van der Waals surface area contributed by atoms with E-state index in [0.717, 1.165) is 16.4 Å². The van der Waals surface area contributed by atoms with Crippen molar-refractivity contribution in [1.82, 2.24) is 4.98 Å². The molecule has 2 aromatic carbocycles. The maximum Gasteiger partial charge on any atom is 0.205 e. The molecule has 21 heavy (non-hydrogen) atoms. The van der Waals surface area contributed by atoms with Crippen LogP contribution in [0.2, 0.25) is 0 Å². The number of rotatable bonds is 3. The van der Waals surface area contributed by atoms with Crippen LogP contribution in [0.3, 0.4) is 0 Å². The molecule has 0 unspecified atom stereocenters. The van der Waals surface area contributed by atoms with Crippen LogP contribution in [0.4, 0.5) is 0 Å². The maximum atomic E-state index is 5.56. The maximum absolute atomic E-state index is 5.56. The van der Waals surface area contributed by atoms with E-state index in [2.05, 4.69) is 31.0 Å². The summed E-state index contributed by atoms with van der Waals surface area (Å²) in [5, 5.41) is 2.27. The summed E-state index contributed by atoms with van der Waals surface area (Å²) in [7, 11) is 4.89. The van der Waals surface area contributed by atoms with Gasteiger partial charge in [-0.2, -0.15) is 0 Å². The van der Waals surface area contributed by atoms with Gasteiger partial charge in [-0.15, -0.1) is 0 Å². The Hall–Kier alpha value is -2.36. The predicted molar refractivity (Wildman–Crippen MR) is 84.9 cm³/mol. The van der Waals surface area contributed by atoms with Crippen molar-refractivity contribution in [3.05, 3.63) is 29.3 Å². The average Bonchev–Trinajstić information content (AvgIpc) is 2.82. The Bertz CT molecular complexity index is 833. The van der Waals surface area contributed by atoms with E-state index < -0.39 is 0 Å². The van der Waals surface area contributed by atoms with Gasteiger partial charge in [-0.1, -0.05) is 6.07 Å². The lowest BCUT2D eigenvalue weighted by molar-refractivity contribution is 0.327. The molecule has 0 spiro atoms. The molecular weight excluding hydrogens is 266 g/mol. The summed E-state index contributed by atoms with van der Waals surface area (Å²) >= 11 is 0. The van der Waals surface area contributed by atoms with Crippen LogP contribution < -0.4 is 14.2 Å². The summed E-state index contributed by atoms with van der Waals surface area (Å²) in [5.74, 6) is 1.94. The summed E-state index contributed by atoms with van der Waals surface area (Å²) in [6.45, 7) is 4.21. The molecule has 0 bridgehead atoms. The minimum Gasteiger partial charge on any atom is -0.493 e. The standard InChI is InChI=1S/C17H19NO3/c1-9-6-10(2)14-11-8-13(19-3)16(20-4)17(21-5)15(11)18-12(14)7-9/h6-8,18H,1-5H3. The third-order valence-corrected chi connectivity index (χ3v) is 3.84. The van der Waals surface area contributed by atoms with Gasteiger partial charge in [-0.05, 0) is 37.1 Å². The molecule has 4 heteroatoms. The highest BCUT2D eigenvalue weighted by atomic mass is 16.5. The van der Waals surface area contributed by atoms with E-state index in [-0.39, 0.29) is 0 Å². The molecule has 0 amide bonds. The highest BCUT2D eigenvalue weighted by Gasteiger charge is 2.19. The van der Waals surface area contributed by atoms with E-state index in [1.807, 2.05) is 6.07 Å². The van der Waals surface area contributed by atoms with E-state index in [9.17, 15) is 0 Å². The van der Waals surface area contributed by atoms with E-state index in [1.165, 1.54) is 16.5 Å². The third kappa shape index (κ3) is 1.90. The first-order chi connectivity index (χ1) is 10.1. The number of methoxy groups -OCH3 is 3. The Kier molecular flexibility index (Phi) is 3.16. The third-order valence-electron chi connectivity index (χ3n) is 3.84. The Morgan fingerprint density at radius 3 is 2.19 bits per heavy atom. The summed E-state index contributed by atoms with van der Waals surface area (Å²) < 4.78 is 16.5. The first-order valence-corrected chi connectivity index (χ1v) is 6.82. The van der Waals surface area contributed by atoms with Gasteiger partial charge >= 0.3 is 0 Å². The van der Waals surface area contributed by atoms with Crippen molar-refractivity contribution < 1.29 is 14.2 Å². The first-order valence-electron chi connectivity index (χ1n) is 6.82. The van der Waals surface area contributed by atoms with Gasteiger partial charge in [0.15, 0.2) is 11.5 Å². The Balaban J connectivity index is 2.53. The highest BCUT2D eigenvalue weighted by Crippen LogP contribution is 2.45. The van der Waals surface area contributed by atoms with Crippen LogP contribution in [0.5, 0.6) is 17.2 Å². The quantitative estimate of drug-likeness (QED) is 0.792. The number of fused-ring (bicyclic) bond motifs is 3. The lowest BCUT2D eigenvalue weighted by Gasteiger charge is -2.12. The zero-order valence-electron chi connectivity index (χ0n) is 13.0. The van der Waals surface area contributed by atoms with Gasteiger partial charge in [0.25, 0.3) is 0 Å². The number of aromatic nitrogens is 1. The second-order valence-corrected chi connectivity index (χ2v) is 5.20. The molecule has 1 aromatic heterocycles. The highest BCUT2D eigenvalue weighted by molar-refractivity contribution is 6.12. The second-order valence-electron chi connectivity index (χ2n) is 5.20. The van der Waals surface area contributed by atoms with Crippen molar-refractivity contribution in [2.75, 3.05) is 21.3 Å². The fourth-order valence-electron chi connectivity index (χ4n) is 3.04. The molecule has 0 saturated heterocycles. The molecule has 0 saturated carbocycles. The van der Waals surface area contributed by atoms with Crippen LogP contribution in [0.15, 0.2) is 18.2 Å². The van der Waals surface area contributed by atoms with Gasteiger partial charge in [0.2, 0.25) is 5.75 Å². The van der Waals surface area contributed by atoms with Gasteiger partial charge in [0, 0.05) is 16.3 Å². The van der Waals surface area contributed by atoms with Crippen molar-refractivity contribution in [2.45, 2.75) is 13.8 Å². The molecule has 4 nitrogen and oxygen atoms in total. The largest absolute Gasteiger partial charge is 0.493 e. The normalized spacial score (nSPS) is 11.1. The lowest BCUT2D eigenvalue weighted by Crippen LogP contribution is -1.95. The molecule has 0 fully saturated rings. The van der Waals surface area contributed by atoms with Gasteiger partial charge in [0.05, 0.1) is 26.8 Å². The molecule has 110 valence electrons. The van der Waals surface area contributed by atoms with Crippen molar-refractivity contribution in [2.24, 2.45) is 0 Å². The van der Waals surface area contributed by atoms with E-state index in [1.54, 1.807) is 21.3 Å². The van der Waals surface area contributed by atoms with E-state index in [4.69, 9.17) is 14.2 Å². The van der Waals surface area contributed by atoms with Gasteiger partial charge in [-0.3, -0.25) is 0 Å². The van der Waals surface area contributed by atoms with Crippen molar-refractivity contribution >= 4 is 21.8 Å². The number of hydrogen-bond acceptors (Lipinski definition) is 3. The Labute approximate surface area is 123 Å². The molecule has 1 heterocycles. The second kappa shape index (κ2) is 4.88. The minimum atomic E-state index is 0.605. The molecular formula is C17H19NO3. The van der Waals surface area contributed by atoms with E-state index in [0.29, 0.717) is 17.2 Å². The molecule has 0 radical (unpaired) electrons. The van der Waals surface area contributed by atoms with Crippen LogP contribution in [-0.2, 0) is 0 Å². The van der Waals surface area contributed by atoms with Crippen molar-refractivity contribution in [3.63, 3.8) is 0 Å². The molecule has 0 atom stereocenters. The monoisotopic (exact) mass is 285 g/mol. The van der Waals surface area contributed by atoms with Crippen LogP contribution in [0.1, 0.15) is 11.1 Å².